The zero-order valence-corrected chi connectivity index (χ0v) is 14.3. The maximum absolute atomic E-state index is 12.2. The van der Waals surface area contributed by atoms with E-state index in [4.69, 9.17) is 10.00 Å². The van der Waals surface area contributed by atoms with Gasteiger partial charge in [0.1, 0.15) is 11.6 Å². The first-order valence-corrected chi connectivity index (χ1v) is 7.90. The van der Waals surface area contributed by atoms with Crippen LogP contribution in [0.4, 0.5) is 5.69 Å². The van der Waals surface area contributed by atoms with Gasteiger partial charge in [-0.2, -0.15) is 5.26 Å². The average Bonchev–Trinajstić information content (AvgIpc) is 2.55. The fourth-order valence-corrected chi connectivity index (χ4v) is 1.86. The lowest BCUT2D eigenvalue weighted by Gasteiger charge is -2.10. The van der Waals surface area contributed by atoms with Gasteiger partial charge in [0, 0.05) is 12.7 Å². The van der Waals surface area contributed by atoms with Crippen molar-refractivity contribution >= 4 is 17.6 Å². The van der Waals surface area contributed by atoms with Gasteiger partial charge in [-0.25, -0.2) is 4.79 Å². The summed E-state index contributed by atoms with van der Waals surface area (Å²) in [4.78, 5) is 24.1. The first-order valence-electron chi connectivity index (χ1n) is 7.90. The minimum absolute atomic E-state index is 0.0579. The number of amides is 1. The Morgan fingerprint density at radius 1 is 1.33 bits per heavy atom. The van der Waals surface area contributed by atoms with Gasteiger partial charge in [-0.05, 0) is 31.4 Å². The monoisotopic (exact) mass is 329 g/mol. The van der Waals surface area contributed by atoms with Crippen LogP contribution in [0.3, 0.4) is 0 Å². The Morgan fingerprint density at radius 2 is 2.04 bits per heavy atom. The van der Waals surface area contributed by atoms with E-state index < -0.39 is 11.9 Å². The normalized spacial score (nSPS) is 10.9. The standard InChI is InChI=1S/C18H23N3O3/c1-4-24-18(23)15-7-5-6-8-16(15)21-17(22)14(11-19)12-20-10-9-13(2)3/h5-8,12-13,20H,4,9-10H2,1-3H3,(H,21,22)/b14-12-. The van der Waals surface area contributed by atoms with E-state index in [1.807, 2.05) is 6.07 Å². The molecule has 0 aliphatic carbocycles. The molecular formula is C18H23N3O3. The molecule has 6 heteroatoms. The molecule has 0 aliphatic rings. The predicted octanol–water partition coefficient (Wildman–Crippen LogP) is 2.84. The number of rotatable bonds is 8. The van der Waals surface area contributed by atoms with Crippen LogP contribution < -0.4 is 10.6 Å². The summed E-state index contributed by atoms with van der Waals surface area (Å²) < 4.78 is 4.96. The van der Waals surface area contributed by atoms with Crippen LogP contribution in [0.2, 0.25) is 0 Å². The van der Waals surface area contributed by atoms with Crippen LogP contribution in [-0.4, -0.2) is 25.0 Å². The zero-order chi connectivity index (χ0) is 17.9. The van der Waals surface area contributed by atoms with Gasteiger partial charge < -0.3 is 15.4 Å². The third-order valence-corrected chi connectivity index (χ3v) is 3.15. The van der Waals surface area contributed by atoms with Crippen molar-refractivity contribution in [2.75, 3.05) is 18.5 Å². The van der Waals surface area contributed by atoms with E-state index in [-0.39, 0.29) is 17.7 Å². The lowest BCUT2D eigenvalue weighted by atomic mass is 10.1. The van der Waals surface area contributed by atoms with Crippen molar-refractivity contribution in [3.63, 3.8) is 0 Å². The number of anilines is 1. The summed E-state index contributed by atoms with van der Waals surface area (Å²) >= 11 is 0. The highest BCUT2D eigenvalue weighted by molar-refractivity contribution is 6.09. The van der Waals surface area contributed by atoms with Crippen molar-refractivity contribution in [1.29, 1.82) is 5.26 Å². The molecule has 0 atom stereocenters. The molecule has 6 nitrogen and oxygen atoms in total. The molecule has 1 rings (SSSR count). The molecule has 2 N–H and O–H groups in total. The largest absolute Gasteiger partial charge is 0.462 e. The van der Waals surface area contributed by atoms with Gasteiger partial charge in [-0.1, -0.05) is 26.0 Å². The van der Waals surface area contributed by atoms with E-state index in [1.165, 1.54) is 6.20 Å². The topological polar surface area (TPSA) is 91.2 Å². The first-order chi connectivity index (χ1) is 11.5. The summed E-state index contributed by atoms with van der Waals surface area (Å²) in [6.07, 6.45) is 2.33. The summed E-state index contributed by atoms with van der Waals surface area (Å²) in [5, 5.41) is 14.7. The van der Waals surface area contributed by atoms with E-state index in [9.17, 15) is 9.59 Å². The minimum atomic E-state index is -0.578. The molecule has 1 aromatic rings. The van der Waals surface area contributed by atoms with Gasteiger partial charge in [0.15, 0.2) is 0 Å². The quantitative estimate of drug-likeness (QED) is 0.331. The molecule has 0 saturated heterocycles. The van der Waals surface area contributed by atoms with Gasteiger partial charge in [0.2, 0.25) is 0 Å². The van der Waals surface area contributed by atoms with Crippen molar-refractivity contribution in [2.24, 2.45) is 5.92 Å². The second kappa shape index (κ2) is 10.1. The fraction of sp³-hybridized carbons (Fsp3) is 0.389. The third kappa shape index (κ3) is 6.13. The Labute approximate surface area is 142 Å². The maximum Gasteiger partial charge on any atom is 0.340 e. The average molecular weight is 329 g/mol. The summed E-state index contributed by atoms with van der Waals surface area (Å²) in [6.45, 7) is 6.81. The van der Waals surface area contributed by atoms with Gasteiger partial charge in [0.05, 0.1) is 17.9 Å². The summed E-state index contributed by atoms with van der Waals surface area (Å²) in [5.41, 5.74) is 0.499. The smallest absolute Gasteiger partial charge is 0.340 e. The molecule has 0 aliphatic heterocycles. The summed E-state index contributed by atoms with van der Waals surface area (Å²) in [7, 11) is 0. The van der Waals surface area contributed by atoms with Crippen LogP contribution in [0, 0.1) is 17.2 Å². The number of benzene rings is 1. The van der Waals surface area contributed by atoms with Crippen molar-refractivity contribution in [3.8, 4) is 6.07 Å². The van der Waals surface area contributed by atoms with Gasteiger partial charge >= 0.3 is 5.97 Å². The van der Waals surface area contributed by atoms with E-state index >= 15 is 0 Å². The van der Waals surface area contributed by atoms with Crippen LogP contribution in [0.15, 0.2) is 36.0 Å². The lowest BCUT2D eigenvalue weighted by molar-refractivity contribution is -0.112. The number of para-hydroxylation sites is 1. The van der Waals surface area contributed by atoms with Crippen LogP contribution >= 0.6 is 0 Å². The van der Waals surface area contributed by atoms with Crippen LogP contribution in [0.25, 0.3) is 0 Å². The molecule has 0 aromatic heterocycles. The highest BCUT2D eigenvalue weighted by Gasteiger charge is 2.16. The van der Waals surface area contributed by atoms with E-state index in [0.29, 0.717) is 18.2 Å². The number of nitriles is 1. The number of hydrogen-bond acceptors (Lipinski definition) is 5. The molecule has 0 radical (unpaired) electrons. The molecule has 0 saturated carbocycles. The number of hydrogen-bond donors (Lipinski definition) is 2. The Hall–Kier alpha value is -2.81. The van der Waals surface area contributed by atoms with Crippen molar-refractivity contribution in [1.82, 2.24) is 5.32 Å². The summed E-state index contributed by atoms with van der Waals surface area (Å²) in [5.74, 6) is -0.570. The molecule has 0 bridgehead atoms. The molecule has 0 unspecified atom stereocenters. The van der Waals surface area contributed by atoms with Gasteiger partial charge in [0.25, 0.3) is 5.91 Å². The zero-order valence-electron chi connectivity index (χ0n) is 14.3. The van der Waals surface area contributed by atoms with Gasteiger partial charge in [-0.3, -0.25) is 4.79 Å². The van der Waals surface area contributed by atoms with E-state index in [2.05, 4.69) is 24.5 Å². The van der Waals surface area contributed by atoms with E-state index in [1.54, 1.807) is 31.2 Å². The Balaban J connectivity index is 2.81. The lowest BCUT2D eigenvalue weighted by Crippen LogP contribution is -2.19. The van der Waals surface area contributed by atoms with Crippen molar-refractivity contribution < 1.29 is 14.3 Å². The van der Waals surface area contributed by atoms with Crippen molar-refractivity contribution in [2.45, 2.75) is 27.2 Å². The fourth-order valence-electron chi connectivity index (χ4n) is 1.86. The number of ether oxygens (including phenoxy) is 1. The SMILES string of the molecule is CCOC(=O)c1ccccc1NC(=O)/C(C#N)=C\NCCC(C)C. The molecular weight excluding hydrogens is 306 g/mol. The Bertz CT molecular complexity index is 645. The number of carbonyl (C=O) groups is 2. The predicted molar refractivity (Wildman–Crippen MR) is 92.2 cm³/mol. The number of nitrogens with zero attached hydrogens (tertiary/aromatic N) is 1. The number of carbonyl (C=O) groups excluding carboxylic acids is 2. The molecule has 1 aromatic carbocycles. The number of esters is 1. The third-order valence-electron chi connectivity index (χ3n) is 3.15. The molecule has 0 spiro atoms. The second-order valence-corrected chi connectivity index (χ2v) is 5.53. The molecule has 0 fully saturated rings. The van der Waals surface area contributed by atoms with Crippen LogP contribution in [0.5, 0.6) is 0 Å². The minimum Gasteiger partial charge on any atom is -0.462 e. The Morgan fingerprint density at radius 3 is 2.67 bits per heavy atom. The molecule has 0 heterocycles. The second-order valence-electron chi connectivity index (χ2n) is 5.53. The molecule has 128 valence electrons. The highest BCUT2D eigenvalue weighted by atomic mass is 16.5. The van der Waals surface area contributed by atoms with E-state index in [0.717, 1.165) is 6.42 Å². The molecule has 24 heavy (non-hydrogen) atoms. The Kier molecular flexibility index (Phi) is 8.06. The first kappa shape index (κ1) is 19.2. The van der Waals surface area contributed by atoms with Crippen LogP contribution in [0.1, 0.15) is 37.6 Å². The van der Waals surface area contributed by atoms with Crippen molar-refractivity contribution in [3.05, 3.63) is 41.6 Å². The molecule has 1 amide bonds. The summed E-state index contributed by atoms with van der Waals surface area (Å²) in [6, 6.07) is 8.37. The highest BCUT2D eigenvalue weighted by Crippen LogP contribution is 2.17. The van der Waals surface area contributed by atoms with Gasteiger partial charge in [-0.15, -0.1) is 0 Å². The number of nitrogens with one attached hydrogen (secondary N) is 2. The maximum atomic E-state index is 12.2. The van der Waals surface area contributed by atoms with Crippen LogP contribution in [-0.2, 0) is 9.53 Å².